The second-order valence-electron chi connectivity index (χ2n) is 3.78. The van der Waals surface area contributed by atoms with Crippen molar-refractivity contribution >= 4 is 23.1 Å². The standard InChI is InChI=1S/C12H12FN3OS/c1-7-2-3-9(18-7)6-16-12(17)10-4-8(13)5-15-11(10)14/h2-5H,6H2,1H3,(H2,14,15)(H,16,17). The number of rotatable bonds is 3. The average molecular weight is 265 g/mol. The molecule has 0 aromatic carbocycles. The van der Waals surface area contributed by atoms with Crippen LogP contribution >= 0.6 is 11.3 Å². The molecule has 0 atom stereocenters. The molecule has 0 aliphatic rings. The summed E-state index contributed by atoms with van der Waals surface area (Å²) in [4.78, 5) is 17.6. The van der Waals surface area contributed by atoms with Crippen molar-refractivity contribution in [1.82, 2.24) is 10.3 Å². The van der Waals surface area contributed by atoms with E-state index < -0.39 is 11.7 Å². The Morgan fingerprint density at radius 1 is 1.56 bits per heavy atom. The number of carbonyl (C=O) groups excluding carboxylic acids is 1. The SMILES string of the molecule is Cc1ccc(CNC(=O)c2cc(F)cnc2N)s1. The lowest BCUT2D eigenvalue weighted by molar-refractivity contribution is 0.0951. The van der Waals surface area contributed by atoms with Crippen LogP contribution in [0.15, 0.2) is 24.4 Å². The van der Waals surface area contributed by atoms with Gasteiger partial charge in [0.1, 0.15) is 11.6 Å². The van der Waals surface area contributed by atoms with Crippen LogP contribution < -0.4 is 11.1 Å². The molecule has 0 unspecified atom stereocenters. The number of thiophene rings is 1. The summed E-state index contributed by atoms with van der Waals surface area (Å²) in [6, 6.07) is 5.00. The molecule has 94 valence electrons. The highest BCUT2D eigenvalue weighted by Gasteiger charge is 2.12. The fourth-order valence-corrected chi connectivity index (χ4v) is 2.30. The highest BCUT2D eigenvalue weighted by atomic mass is 32.1. The fraction of sp³-hybridized carbons (Fsp3) is 0.167. The minimum atomic E-state index is -0.582. The number of hydrogen-bond acceptors (Lipinski definition) is 4. The molecule has 4 nitrogen and oxygen atoms in total. The van der Waals surface area contributed by atoms with E-state index in [-0.39, 0.29) is 11.4 Å². The zero-order valence-corrected chi connectivity index (χ0v) is 10.6. The highest BCUT2D eigenvalue weighted by Crippen LogP contribution is 2.15. The average Bonchev–Trinajstić information content (AvgIpc) is 2.75. The largest absolute Gasteiger partial charge is 0.383 e. The normalized spacial score (nSPS) is 10.3. The second kappa shape index (κ2) is 5.14. The molecule has 0 aliphatic carbocycles. The van der Waals surface area contributed by atoms with E-state index in [4.69, 9.17) is 5.73 Å². The number of nitrogens with two attached hydrogens (primary N) is 1. The van der Waals surface area contributed by atoms with E-state index in [0.717, 1.165) is 17.1 Å². The van der Waals surface area contributed by atoms with Crippen LogP contribution in [0.5, 0.6) is 0 Å². The van der Waals surface area contributed by atoms with Gasteiger partial charge in [0.05, 0.1) is 18.3 Å². The van der Waals surface area contributed by atoms with Crippen molar-refractivity contribution in [2.24, 2.45) is 0 Å². The predicted molar refractivity (Wildman–Crippen MR) is 68.8 cm³/mol. The van der Waals surface area contributed by atoms with Crippen LogP contribution in [0.2, 0.25) is 0 Å². The van der Waals surface area contributed by atoms with Gasteiger partial charge in [-0.2, -0.15) is 0 Å². The summed E-state index contributed by atoms with van der Waals surface area (Å²) in [6.45, 7) is 2.39. The Balaban J connectivity index is 2.05. The molecule has 6 heteroatoms. The van der Waals surface area contributed by atoms with E-state index >= 15 is 0 Å². The molecule has 0 radical (unpaired) electrons. The van der Waals surface area contributed by atoms with Gasteiger partial charge in [0, 0.05) is 9.75 Å². The third kappa shape index (κ3) is 2.84. The number of amides is 1. The van der Waals surface area contributed by atoms with Crippen LogP contribution in [-0.4, -0.2) is 10.9 Å². The molecule has 18 heavy (non-hydrogen) atoms. The minimum Gasteiger partial charge on any atom is -0.383 e. The van der Waals surface area contributed by atoms with E-state index in [1.54, 1.807) is 11.3 Å². The van der Waals surface area contributed by atoms with Crippen molar-refractivity contribution in [2.75, 3.05) is 5.73 Å². The zero-order valence-electron chi connectivity index (χ0n) is 9.74. The molecule has 1 amide bonds. The number of anilines is 1. The summed E-state index contributed by atoms with van der Waals surface area (Å²) in [5.74, 6) is -0.983. The third-order valence-corrected chi connectivity index (χ3v) is 3.35. The van der Waals surface area contributed by atoms with Crippen LogP contribution in [0.25, 0.3) is 0 Å². The topological polar surface area (TPSA) is 68.0 Å². The molecule has 0 fully saturated rings. The quantitative estimate of drug-likeness (QED) is 0.893. The maximum Gasteiger partial charge on any atom is 0.255 e. The Morgan fingerprint density at radius 2 is 2.33 bits per heavy atom. The first kappa shape index (κ1) is 12.5. The third-order valence-electron chi connectivity index (χ3n) is 2.35. The lowest BCUT2D eigenvalue weighted by Crippen LogP contribution is -2.24. The monoisotopic (exact) mass is 265 g/mol. The maximum atomic E-state index is 13.0. The van der Waals surface area contributed by atoms with Crippen LogP contribution in [0.4, 0.5) is 10.2 Å². The number of aryl methyl sites for hydroxylation is 1. The summed E-state index contributed by atoms with van der Waals surface area (Å²) in [5, 5.41) is 2.68. The van der Waals surface area contributed by atoms with Gasteiger partial charge in [-0.25, -0.2) is 9.37 Å². The number of nitrogen functional groups attached to an aromatic ring is 1. The van der Waals surface area contributed by atoms with Crippen molar-refractivity contribution in [2.45, 2.75) is 13.5 Å². The predicted octanol–water partition coefficient (Wildman–Crippen LogP) is 2.10. The molecule has 0 aliphatic heterocycles. The summed E-state index contributed by atoms with van der Waals surface area (Å²) in [7, 11) is 0. The van der Waals surface area contributed by atoms with Crippen LogP contribution in [-0.2, 0) is 6.54 Å². The first-order valence-electron chi connectivity index (χ1n) is 5.31. The molecule has 0 saturated carbocycles. The first-order valence-corrected chi connectivity index (χ1v) is 6.12. The lowest BCUT2D eigenvalue weighted by Gasteiger charge is -2.05. The van der Waals surface area contributed by atoms with Gasteiger partial charge >= 0.3 is 0 Å². The Labute approximate surface area is 108 Å². The van der Waals surface area contributed by atoms with E-state index in [9.17, 15) is 9.18 Å². The van der Waals surface area contributed by atoms with Crippen molar-refractivity contribution in [3.63, 3.8) is 0 Å². The number of nitrogens with zero attached hydrogens (tertiary/aromatic N) is 1. The Bertz CT molecular complexity index is 582. The van der Waals surface area contributed by atoms with Crippen LogP contribution in [0, 0.1) is 12.7 Å². The number of aromatic nitrogens is 1. The Morgan fingerprint density at radius 3 is 3.00 bits per heavy atom. The number of hydrogen-bond donors (Lipinski definition) is 2. The molecule has 0 saturated heterocycles. The molecule has 0 bridgehead atoms. The molecule has 2 heterocycles. The van der Waals surface area contributed by atoms with Gasteiger partial charge in [0.2, 0.25) is 0 Å². The van der Waals surface area contributed by atoms with Gasteiger partial charge < -0.3 is 11.1 Å². The minimum absolute atomic E-state index is 0.0243. The Hall–Kier alpha value is -1.95. The number of carbonyl (C=O) groups is 1. The van der Waals surface area contributed by atoms with E-state index in [2.05, 4.69) is 10.3 Å². The van der Waals surface area contributed by atoms with Crippen molar-refractivity contribution < 1.29 is 9.18 Å². The van der Waals surface area contributed by atoms with Crippen molar-refractivity contribution in [1.29, 1.82) is 0 Å². The van der Waals surface area contributed by atoms with E-state index in [0.29, 0.717) is 6.54 Å². The molecule has 3 N–H and O–H groups in total. The Kier molecular flexibility index (Phi) is 3.57. The molecule has 2 aromatic rings. The van der Waals surface area contributed by atoms with Crippen LogP contribution in [0.3, 0.4) is 0 Å². The van der Waals surface area contributed by atoms with Gasteiger partial charge in [-0.05, 0) is 25.1 Å². The molecule has 0 spiro atoms. The zero-order chi connectivity index (χ0) is 13.1. The number of pyridine rings is 1. The first-order chi connectivity index (χ1) is 8.56. The summed E-state index contributed by atoms with van der Waals surface area (Å²) in [6.07, 6.45) is 0.981. The van der Waals surface area contributed by atoms with Crippen molar-refractivity contribution in [3.8, 4) is 0 Å². The van der Waals surface area contributed by atoms with Gasteiger partial charge in [0.25, 0.3) is 5.91 Å². The van der Waals surface area contributed by atoms with E-state index in [1.807, 2.05) is 19.1 Å². The smallest absolute Gasteiger partial charge is 0.255 e. The molecule has 2 rings (SSSR count). The van der Waals surface area contributed by atoms with Gasteiger partial charge in [-0.1, -0.05) is 0 Å². The summed E-state index contributed by atoms with van der Waals surface area (Å²) in [5.41, 5.74) is 5.59. The van der Waals surface area contributed by atoms with Gasteiger partial charge in [0.15, 0.2) is 0 Å². The van der Waals surface area contributed by atoms with Gasteiger partial charge in [-0.15, -0.1) is 11.3 Å². The van der Waals surface area contributed by atoms with Crippen LogP contribution in [0.1, 0.15) is 20.1 Å². The molecular formula is C12H12FN3OS. The fourth-order valence-electron chi connectivity index (χ4n) is 1.47. The highest BCUT2D eigenvalue weighted by molar-refractivity contribution is 7.11. The van der Waals surface area contributed by atoms with Crippen molar-refractivity contribution in [3.05, 3.63) is 45.5 Å². The molecular weight excluding hydrogens is 253 g/mol. The molecule has 2 aromatic heterocycles. The number of nitrogens with one attached hydrogen (secondary N) is 1. The van der Waals surface area contributed by atoms with Gasteiger partial charge in [-0.3, -0.25) is 4.79 Å². The summed E-state index contributed by atoms with van der Waals surface area (Å²) < 4.78 is 13.0. The number of halogens is 1. The van der Waals surface area contributed by atoms with E-state index in [1.165, 1.54) is 4.88 Å². The maximum absolute atomic E-state index is 13.0. The second-order valence-corrected chi connectivity index (χ2v) is 5.15. The lowest BCUT2D eigenvalue weighted by atomic mass is 10.2. The summed E-state index contributed by atoms with van der Waals surface area (Å²) >= 11 is 1.60.